The molecule has 0 bridgehead atoms. The third-order valence-corrected chi connectivity index (χ3v) is 3.74. The molecule has 7 heteroatoms. The first-order valence-electron chi connectivity index (χ1n) is 7.47. The first-order valence-corrected chi connectivity index (χ1v) is 8.27. The number of nitrogens with one attached hydrogen (secondary N) is 2. The zero-order valence-electron chi connectivity index (χ0n) is 13.5. The predicted octanol–water partition coefficient (Wildman–Crippen LogP) is 2.76. The van der Waals surface area contributed by atoms with Crippen molar-refractivity contribution in [3.8, 4) is 5.75 Å². The Hall–Kier alpha value is -1.34. The number of carbonyl (C=O) groups is 1. The van der Waals surface area contributed by atoms with Crippen LogP contribution in [0.2, 0.25) is 0 Å². The molecule has 0 spiro atoms. The van der Waals surface area contributed by atoms with Crippen molar-refractivity contribution in [2.75, 3.05) is 40.0 Å². The van der Waals surface area contributed by atoms with Crippen LogP contribution in [0.1, 0.15) is 0 Å². The van der Waals surface area contributed by atoms with E-state index in [-0.39, 0.29) is 24.9 Å². The van der Waals surface area contributed by atoms with Crippen molar-refractivity contribution in [2.24, 2.45) is 0 Å². The number of fused-ring (bicyclic) bond motifs is 1. The van der Waals surface area contributed by atoms with Gasteiger partial charge in [-0.15, -0.1) is 12.4 Å². The summed E-state index contributed by atoms with van der Waals surface area (Å²) in [5.41, 5.74) is 0. The van der Waals surface area contributed by atoms with E-state index in [1.54, 1.807) is 7.11 Å². The maximum absolute atomic E-state index is 11.7. The van der Waals surface area contributed by atoms with Crippen molar-refractivity contribution in [1.82, 2.24) is 10.6 Å². The molecule has 2 aromatic carbocycles. The van der Waals surface area contributed by atoms with Crippen LogP contribution in [0, 0.1) is 0 Å². The summed E-state index contributed by atoms with van der Waals surface area (Å²) in [4.78, 5) is 11.7. The summed E-state index contributed by atoms with van der Waals surface area (Å²) in [5, 5.41) is 8.16. The fourth-order valence-electron chi connectivity index (χ4n) is 2.07. The Morgan fingerprint density at radius 3 is 2.62 bits per heavy atom. The largest absolute Gasteiger partial charge is 0.484 e. The van der Waals surface area contributed by atoms with Gasteiger partial charge in [0.05, 0.1) is 6.61 Å². The van der Waals surface area contributed by atoms with Gasteiger partial charge in [-0.05, 0) is 35.0 Å². The van der Waals surface area contributed by atoms with Gasteiger partial charge in [-0.1, -0.05) is 28.1 Å². The van der Waals surface area contributed by atoms with E-state index in [9.17, 15) is 4.79 Å². The monoisotopic (exact) mass is 416 g/mol. The number of ether oxygens (including phenoxy) is 2. The van der Waals surface area contributed by atoms with Crippen molar-refractivity contribution in [3.63, 3.8) is 0 Å². The second kappa shape index (κ2) is 11.3. The third kappa shape index (κ3) is 7.05. The average molecular weight is 418 g/mol. The summed E-state index contributed by atoms with van der Waals surface area (Å²) in [6.45, 7) is 2.73. The number of methoxy groups -OCH3 is 1. The lowest BCUT2D eigenvalue weighted by Crippen LogP contribution is -2.35. The third-order valence-electron chi connectivity index (χ3n) is 3.25. The van der Waals surface area contributed by atoms with Crippen LogP contribution in [0.5, 0.6) is 5.75 Å². The summed E-state index contributed by atoms with van der Waals surface area (Å²) in [6, 6.07) is 11.8. The number of carbonyl (C=O) groups excluding carboxylic acids is 1. The van der Waals surface area contributed by atoms with Gasteiger partial charge in [0.15, 0.2) is 6.61 Å². The van der Waals surface area contributed by atoms with Gasteiger partial charge in [0.2, 0.25) is 0 Å². The zero-order valence-corrected chi connectivity index (χ0v) is 15.9. The highest BCUT2D eigenvalue weighted by Crippen LogP contribution is 2.23. The Labute approximate surface area is 156 Å². The van der Waals surface area contributed by atoms with Crippen LogP contribution in [0.4, 0.5) is 0 Å². The maximum Gasteiger partial charge on any atom is 0.257 e. The highest BCUT2D eigenvalue weighted by molar-refractivity contribution is 9.10. The molecule has 0 aliphatic carbocycles. The molecule has 5 nitrogen and oxygen atoms in total. The average Bonchev–Trinajstić information content (AvgIpc) is 2.56. The molecule has 0 aliphatic rings. The molecule has 0 radical (unpaired) electrons. The number of amides is 1. The van der Waals surface area contributed by atoms with E-state index in [0.717, 1.165) is 21.8 Å². The molecule has 0 atom stereocenters. The molecule has 0 saturated carbocycles. The molecular formula is C17H22BrClN2O3. The molecule has 2 rings (SSSR count). The lowest BCUT2D eigenvalue weighted by molar-refractivity contribution is -0.123. The van der Waals surface area contributed by atoms with Gasteiger partial charge in [0.1, 0.15) is 5.75 Å². The minimum absolute atomic E-state index is 0. The number of hydrogen-bond acceptors (Lipinski definition) is 4. The normalized spacial score (nSPS) is 10.2. The van der Waals surface area contributed by atoms with Crippen LogP contribution in [0.3, 0.4) is 0 Å². The lowest BCUT2D eigenvalue weighted by atomic mass is 10.1. The molecule has 0 heterocycles. The molecule has 0 aromatic heterocycles. The number of rotatable bonds is 9. The van der Waals surface area contributed by atoms with E-state index in [0.29, 0.717) is 25.4 Å². The fourth-order valence-corrected chi connectivity index (χ4v) is 2.45. The Morgan fingerprint density at radius 2 is 1.83 bits per heavy atom. The molecule has 0 unspecified atom stereocenters. The van der Waals surface area contributed by atoms with E-state index in [4.69, 9.17) is 9.47 Å². The molecule has 2 N–H and O–H groups in total. The first-order chi connectivity index (χ1) is 11.2. The van der Waals surface area contributed by atoms with E-state index in [1.807, 2.05) is 36.4 Å². The summed E-state index contributed by atoms with van der Waals surface area (Å²) < 4.78 is 11.5. The van der Waals surface area contributed by atoms with Crippen LogP contribution in [0.25, 0.3) is 10.8 Å². The Bertz CT molecular complexity index is 655. The zero-order chi connectivity index (χ0) is 16.5. The van der Waals surface area contributed by atoms with Gasteiger partial charge in [0.25, 0.3) is 5.91 Å². The van der Waals surface area contributed by atoms with Crippen LogP contribution in [-0.4, -0.2) is 45.9 Å². The summed E-state index contributed by atoms with van der Waals surface area (Å²) >= 11 is 3.45. The van der Waals surface area contributed by atoms with Crippen LogP contribution >= 0.6 is 28.3 Å². The molecule has 24 heavy (non-hydrogen) atoms. The highest BCUT2D eigenvalue weighted by atomic mass is 79.9. The second-order valence-electron chi connectivity index (χ2n) is 5.03. The van der Waals surface area contributed by atoms with E-state index >= 15 is 0 Å². The van der Waals surface area contributed by atoms with Crippen molar-refractivity contribution >= 4 is 45.0 Å². The standard InChI is InChI=1S/C17H21BrN2O3.ClH/c1-22-9-8-19-6-7-20-17(21)12-23-16-5-3-13-10-15(18)4-2-14(13)11-16;/h2-5,10-11,19H,6-9,12H2,1H3,(H,20,21);1H. The molecular weight excluding hydrogens is 396 g/mol. The second-order valence-corrected chi connectivity index (χ2v) is 5.95. The minimum Gasteiger partial charge on any atom is -0.484 e. The van der Waals surface area contributed by atoms with E-state index < -0.39 is 0 Å². The molecule has 0 fully saturated rings. The molecule has 132 valence electrons. The number of hydrogen-bond donors (Lipinski definition) is 2. The Morgan fingerprint density at radius 1 is 1.08 bits per heavy atom. The molecule has 0 saturated heterocycles. The highest BCUT2D eigenvalue weighted by Gasteiger charge is 2.03. The smallest absolute Gasteiger partial charge is 0.257 e. The SMILES string of the molecule is COCCNCCNC(=O)COc1ccc2cc(Br)ccc2c1.Cl. The summed E-state index contributed by atoms with van der Waals surface area (Å²) in [6.07, 6.45) is 0. The van der Waals surface area contributed by atoms with Crippen molar-refractivity contribution < 1.29 is 14.3 Å². The topological polar surface area (TPSA) is 59.6 Å². The van der Waals surface area contributed by atoms with Crippen LogP contribution in [-0.2, 0) is 9.53 Å². The summed E-state index contributed by atoms with van der Waals surface area (Å²) in [7, 11) is 1.66. The van der Waals surface area contributed by atoms with Crippen LogP contribution in [0.15, 0.2) is 40.9 Å². The first kappa shape index (κ1) is 20.7. The predicted molar refractivity (Wildman–Crippen MR) is 102 cm³/mol. The Balaban J connectivity index is 0.00000288. The molecule has 2 aromatic rings. The fraction of sp³-hybridized carbons (Fsp3) is 0.353. The van der Waals surface area contributed by atoms with E-state index in [1.165, 1.54) is 0 Å². The van der Waals surface area contributed by atoms with Gasteiger partial charge >= 0.3 is 0 Å². The van der Waals surface area contributed by atoms with Gasteiger partial charge in [-0.2, -0.15) is 0 Å². The number of halogens is 2. The van der Waals surface area contributed by atoms with Crippen molar-refractivity contribution in [2.45, 2.75) is 0 Å². The van der Waals surface area contributed by atoms with Gasteiger partial charge < -0.3 is 20.1 Å². The Kier molecular flexibility index (Phi) is 9.71. The molecule has 0 aliphatic heterocycles. The van der Waals surface area contributed by atoms with Crippen molar-refractivity contribution in [1.29, 1.82) is 0 Å². The van der Waals surface area contributed by atoms with Crippen LogP contribution < -0.4 is 15.4 Å². The van der Waals surface area contributed by atoms with Crippen molar-refractivity contribution in [3.05, 3.63) is 40.9 Å². The van der Waals surface area contributed by atoms with Gasteiger partial charge in [0, 0.05) is 31.2 Å². The van der Waals surface area contributed by atoms with Gasteiger partial charge in [-0.25, -0.2) is 0 Å². The maximum atomic E-state index is 11.7. The van der Waals surface area contributed by atoms with E-state index in [2.05, 4.69) is 26.6 Å². The van der Waals surface area contributed by atoms with Gasteiger partial charge in [-0.3, -0.25) is 4.79 Å². The lowest BCUT2D eigenvalue weighted by Gasteiger charge is -2.09. The summed E-state index contributed by atoms with van der Waals surface area (Å²) in [5.74, 6) is 0.558. The molecule has 1 amide bonds. The quantitative estimate of drug-likeness (QED) is 0.616. The minimum atomic E-state index is -0.130. The number of benzene rings is 2.